The summed E-state index contributed by atoms with van der Waals surface area (Å²) in [7, 11) is 0. The fourth-order valence-electron chi connectivity index (χ4n) is 7.81. The van der Waals surface area contributed by atoms with E-state index in [0.29, 0.717) is 0 Å². The zero-order chi connectivity index (χ0) is 26.2. The van der Waals surface area contributed by atoms with Gasteiger partial charge < -0.3 is 0 Å². The highest BCUT2D eigenvalue weighted by Crippen LogP contribution is 2.56. The number of hydrogen-bond donors (Lipinski definition) is 0. The van der Waals surface area contributed by atoms with Crippen molar-refractivity contribution in [1.82, 2.24) is 0 Å². The highest BCUT2D eigenvalue weighted by atomic mass is 14.5. The summed E-state index contributed by atoms with van der Waals surface area (Å²) in [6.07, 6.45) is 27.0. The highest BCUT2D eigenvalue weighted by molar-refractivity contribution is 6.04. The number of aryl methyl sites for hydroxylation is 2. The van der Waals surface area contributed by atoms with Gasteiger partial charge in [0, 0.05) is 5.41 Å². The first kappa shape index (κ1) is 27.5. The molecule has 0 heterocycles. The molecule has 0 N–H and O–H groups in total. The van der Waals surface area contributed by atoms with E-state index in [1.807, 2.05) is 0 Å². The first-order chi connectivity index (χ1) is 18.7. The molecule has 0 nitrogen and oxygen atoms in total. The van der Waals surface area contributed by atoms with Crippen LogP contribution in [-0.4, -0.2) is 0 Å². The smallest absolute Gasteiger partial charge is 0.0215 e. The first-order valence-corrected chi connectivity index (χ1v) is 16.3. The molecule has 38 heavy (non-hydrogen) atoms. The summed E-state index contributed by atoms with van der Waals surface area (Å²) in [5.74, 6) is 0. The second kappa shape index (κ2) is 13.3. The van der Waals surface area contributed by atoms with E-state index in [0.717, 1.165) is 0 Å². The Hall–Kier alpha value is -2.08. The second-order valence-corrected chi connectivity index (χ2v) is 12.8. The lowest BCUT2D eigenvalue weighted by atomic mass is 9.70. The third-order valence-electron chi connectivity index (χ3n) is 9.93. The van der Waals surface area contributed by atoms with Crippen molar-refractivity contribution < 1.29 is 0 Å². The summed E-state index contributed by atoms with van der Waals surface area (Å²) in [5.41, 5.74) is 9.43. The average molecular weight is 509 g/mol. The van der Waals surface area contributed by atoms with Crippen molar-refractivity contribution >= 4 is 10.8 Å². The van der Waals surface area contributed by atoms with Crippen LogP contribution >= 0.6 is 0 Å². The van der Waals surface area contributed by atoms with Crippen molar-refractivity contribution in [3.63, 3.8) is 0 Å². The van der Waals surface area contributed by atoms with Gasteiger partial charge in [-0.1, -0.05) is 163 Å². The van der Waals surface area contributed by atoms with Gasteiger partial charge in [-0.25, -0.2) is 0 Å². The summed E-state index contributed by atoms with van der Waals surface area (Å²) in [5, 5.41) is 2.90. The normalized spacial score (nSPS) is 20.2. The SMILES string of the molecule is Cc1ccc2c(c1)C1(CCCCCCCCCCCCCCCCCCC1)c1cc(C)c3ccccc3c1-2. The van der Waals surface area contributed by atoms with Crippen LogP contribution in [-0.2, 0) is 5.41 Å². The van der Waals surface area contributed by atoms with Crippen LogP contribution in [0.2, 0.25) is 0 Å². The van der Waals surface area contributed by atoms with Gasteiger partial charge in [-0.05, 0) is 65.3 Å². The van der Waals surface area contributed by atoms with Crippen molar-refractivity contribution in [2.24, 2.45) is 0 Å². The average Bonchev–Trinajstić information content (AvgIpc) is 3.18. The maximum absolute atomic E-state index is 2.60. The van der Waals surface area contributed by atoms with E-state index < -0.39 is 0 Å². The molecule has 0 heteroatoms. The Bertz CT molecular complexity index is 1160. The van der Waals surface area contributed by atoms with Gasteiger partial charge in [0.2, 0.25) is 0 Å². The lowest BCUT2D eigenvalue weighted by Crippen LogP contribution is -2.26. The minimum Gasteiger partial charge on any atom is -0.0616 e. The molecule has 0 aromatic heterocycles. The molecule has 3 aromatic carbocycles. The molecular formula is C38H52. The molecule has 0 saturated heterocycles. The fraction of sp³-hybridized carbons (Fsp3) is 0.579. The van der Waals surface area contributed by atoms with Gasteiger partial charge in [0.05, 0.1) is 0 Å². The van der Waals surface area contributed by atoms with E-state index in [9.17, 15) is 0 Å². The Balaban J connectivity index is 1.45. The molecule has 0 bridgehead atoms. The molecule has 5 rings (SSSR count). The largest absolute Gasteiger partial charge is 0.0616 e. The minimum atomic E-state index is 0.187. The number of rotatable bonds is 0. The van der Waals surface area contributed by atoms with E-state index >= 15 is 0 Å². The Morgan fingerprint density at radius 2 is 0.947 bits per heavy atom. The van der Waals surface area contributed by atoms with Gasteiger partial charge in [0.25, 0.3) is 0 Å². The Morgan fingerprint density at radius 1 is 0.474 bits per heavy atom. The molecule has 0 amide bonds. The number of benzene rings is 3. The topological polar surface area (TPSA) is 0 Å². The molecule has 1 spiro atoms. The third-order valence-corrected chi connectivity index (χ3v) is 9.93. The molecular weight excluding hydrogens is 456 g/mol. The minimum absolute atomic E-state index is 0.187. The van der Waals surface area contributed by atoms with E-state index in [2.05, 4.69) is 62.4 Å². The summed E-state index contributed by atoms with van der Waals surface area (Å²) < 4.78 is 0. The predicted octanol–water partition coefficient (Wildman–Crippen LogP) is 12.1. The zero-order valence-electron chi connectivity index (χ0n) is 24.6. The van der Waals surface area contributed by atoms with Crippen molar-refractivity contribution in [1.29, 1.82) is 0 Å². The second-order valence-electron chi connectivity index (χ2n) is 12.8. The molecule has 0 unspecified atom stereocenters. The maximum atomic E-state index is 2.60. The van der Waals surface area contributed by atoms with E-state index in [-0.39, 0.29) is 5.41 Å². The van der Waals surface area contributed by atoms with Crippen LogP contribution in [0.25, 0.3) is 21.9 Å². The summed E-state index contributed by atoms with van der Waals surface area (Å²) in [6.45, 7) is 4.64. The first-order valence-electron chi connectivity index (χ1n) is 16.3. The summed E-state index contributed by atoms with van der Waals surface area (Å²) in [4.78, 5) is 0. The van der Waals surface area contributed by atoms with Crippen LogP contribution < -0.4 is 0 Å². The quantitative estimate of drug-likeness (QED) is 0.283. The van der Waals surface area contributed by atoms with Gasteiger partial charge in [0.15, 0.2) is 0 Å². The van der Waals surface area contributed by atoms with Gasteiger partial charge in [-0.2, -0.15) is 0 Å². The van der Waals surface area contributed by atoms with Crippen molar-refractivity contribution in [2.75, 3.05) is 0 Å². The summed E-state index contributed by atoms with van der Waals surface area (Å²) in [6, 6.07) is 19.1. The van der Waals surface area contributed by atoms with Crippen LogP contribution in [0.3, 0.4) is 0 Å². The Labute approximate surface area is 233 Å². The monoisotopic (exact) mass is 508 g/mol. The lowest BCUT2D eigenvalue weighted by Gasteiger charge is -2.33. The Morgan fingerprint density at radius 3 is 1.47 bits per heavy atom. The Kier molecular flexibility index (Phi) is 9.63. The highest BCUT2D eigenvalue weighted by Gasteiger charge is 2.43. The van der Waals surface area contributed by atoms with Crippen LogP contribution in [0.15, 0.2) is 48.5 Å². The molecule has 2 aliphatic rings. The van der Waals surface area contributed by atoms with Crippen LogP contribution in [0.4, 0.5) is 0 Å². The van der Waals surface area contributed by atoms with E-state index in [4.69, 9.17) is 0 Å². The molecule has 2 aliphatic carbocycles. The third kappa shape index (κ3) is 6.05. The molecule has 204 valence electrons. The molecule has 0 atom stereocenters. The molecule has 3 aromatic rings. The standard InChI is InChI=1S/C38H52/c1-30-24-25-34-35(28-30)38(36-29-31(2)32-22-18-19-23-33(32)37(34)36)26-20-16-14-12-10-8-6-4-3-5-7-9-11-13-15-17-21-27-38/h18-19,22-25,28-29H,3-17,20-21,26-27H2,1-2H3. The van der Waals surface area contributed by atoms with Gasteiger partial charge in [-0.15, -0.1) is 0 Å². The summed E-state index contributed by atoms with van der Waals surface area (Å²) >= 11 is 0. The zero-order valence-corrected chi connectivity index (χ0v) is 24.6. The molecule has 0 radical (unpaired) electrons. The fourth-order valence-corrected chi connectivity index (χ4v) is 7.81. The number of fused-ring (bicyclic) bond motifs is 7. The maximum Gasteiger partial charge on any atom is 0.0215 e. The lowest BCUT2D eigenvalue weighted by molar-refractivity contribution is 0.396. The van der Waals surface area contributed by atoms with Gasteiger partial charge >= 0.3 is 0 Å². The van der Waals surface area contributed by atoms with Gasteiger partial charge in [0.1, 0.15) is 0 Å². The van der Waals surface area contributed by atoms with Gasteiger partial charge in [-0.3, -0.25) is 0 Å². The van der Waals surface area contributed by atoms with Crippen molar-refractivity contribution in [3.05, 3.63) is 70.8 Å². The van der Waals surface area contributed by atoms with E-state index in [1.165, 1.54) is 149 Å². The molecule has 0 aliphatic heterocycles. The van der Waals surface area contributed by atoms with Crippen LogP contribution in [0, 0.1) is 13.8 Å². The van der Waals surface area contributed by atoms with E-state index in [1.54, 1.807) is 16.7 Å². The molecule has 1 fully saturated rings. The van der Waals surface area contributed by atoms with Crippen molar-refractivity contribution in [3.8, 4) is 11.1 Å². The molecule has 1 saturated carbocycles. The van der Waals surface area contributed by atoms with Crippen LogP contribution in [0.5, 0.6) is 0 Å². The number of hydrogen-bond acceptors (Lipinski definition) is 0. The van der Waals surface area contributed by atoms with Crippen LogP contribution in [0.1, 0.15) is 144 Å². The van der Waals surface area contributed by atoms with Crippen molar-refractivity contribution in [2.45, 2.75) is 141 Å². The predicted molar refractivity (Wildman–Crippen MR) is 167 cm³/mol.